The summed E-state index contributed by atoms with van der Waals surface area (Å²) in [6.07, 6.45) is 0.942. The molecule has 0 aliphatic rings. The lowest BCUT2D eigenvalue weighted by molar-refractivity contribution is 0.0511. The van der Waals surface area contributed by atoms with Gasteiger partial charge in [-0.15, -0.1) is 0 Å². The van der Waals surface area contributed by atoms with E-state index in [4.69, 9.17) is 9.47 Å². The van der Waals surface area contributed by atoms with Gasteiger partial charge in [-0.25, -0.2) is 0 Å². The Balaban J connectivity index is 2.09. The molecule has 18 heavy (non-hydrogen) atoms. The van der Waals surface area contributed by atoms with Gasteiger partial charge in [0.05, 0.1) is 5.69 Å². The number of pyridine rings is 1. The number of hydrogen-bond acceptors (Lipinski definition) is 4. The highest BCUT2D eigenvalue weighted by atomic mass is 16.7. The minimum absolute atomic E-state index is 0.210. The van der Waals surface area contributed by atoms with Gasteiger partial charge < -0.3 is 14.6 Å². The molecular formula is C14H15NO3. The van der Waals surface area contributed by atoms with Crippen LogP contribution >= 0.6 is 0 Å². The number of benzene rings is 1. The Hall–Kier alpha value is -1.91. The Morgan fingerprint density at radius 1 is 1.17 bits per heavy atom. The van der Waals surface area contributed by atoms with Crippen LogP contribution in [0.2, 0.25) is 0 Å². The zero-order valence-corrected chi connectivity index (χ0v) is 10.1. The van der Waals surface area contributed by atoms with Crippen LogP contribution in [0.3, 0.4) is 0 Å². The average molecular weight is 245 g/mol. The predicted molar refractivity (Wildman–Crippen MR) is 67.2 cm³/mol. The third-order valence-electron chi connectivity index (χ3n) is 2.51. The molecule has 0 saturated heterocycles. The van der Waals surface area contributed by atoms with Crippen molar-refractivity contribution in [2.24, 2.45) is 0 Å². The highest BCUT2D eigenvalue weighted by molar-refractivity contribution is 5.31. The average Bonchev–Trinajstić information content (AvgIpc) is 2.46. The summed E-state index contributed by atoms with van der Waals surface area (Å²) in [5.74, 6) is 0.703. The first-order valence-electron chi connectivity index (χ1n) is 5.62. The largest absolute Gasteiger partial charge is 0.468 e. The molecule has 1 aromatic carbocycles. The van der Waals surface area contributed by atoms with Crippen molar-refractivity contribution in [3.8, 4) is 5.75 Å². The summed E-state index contributed by atoms with van der Waals surface area (Å²) < 4.78 is 10.1. The number of ether oxygens (including phenoxy) is 2. The van der Waals surface area contributed by atoms with E-state index in [0.29, 0.717) is 11.4 Å². The van der Waals surface area contributed by atoms with Crippen LogP contribution in [0.25, 0.3) is 0 Å². The van der Waals surface area contributed by atoms with Gasteiger partial charge in [0.2, 0.25) is 0 Å². The van der Waals surface area contributed by atoms with Gasteiger partial charge in [0.1, 0.15) is 11.9 Å². The zero-order chi connectivity index (χ0) is 12.8. The van der Waals surface area contributed by atoms with E-state index < -0.39 is 6.10 Å². The Bertz CT molecular complexity index is 470. The Morgan fingerprint density at radius 2 is 1.94 bits per heavy atom. The molecular weight excluding hydrogens is 230 g/mol. The first kappa shape index (κ1) is 12.5. The summed E-state index contributed by atoms with van der Waals surface area (Å²) in [6.45, 7) is 0.210. The van der Waals surface area contributed by atoms with Gasteiger partial charge in [0.25, 0.3) is 0 Å². The van der Waals surface area contributed by atoms with Crippen LogP contribution in [-0.2, 0) is 4.74 Å². The highest BCUT2D eigenvalue weighted by Crippen LogP contribution is 2.22. The molecule has 0 bridgehead atoms. The maximum absolute atomic E-state index is 10.1. The number of aliphatic hydroxyl groups is 1. The van der Waals surface area contributed by atoms with E-state index >= 15 is 0 Å². The van der Waals surface area contributed by atoms with Gasteiger partial charge in [-0.2, -0.15) is 0 Å². The number of hydrogen-bond donors (Lipinski definition) is 1. The third-order valence-corrected chi connectivity index (χ3v) is 2.51. The van der Waals surface area contributed by atoms with Crippen LogP contribution < -0.4 is 4.74 Å². The molecule has 1 N–H and O–H groups in total. The molecule has 0 fully saturated rings. The molecule has 1 atom stereocenters. The summed E-state index contributed by atoms with van der Waals surface area (Å²) in [4.78, 5) is 4.13. The monoisotopic (exact) mass is 245 g/mol. The van der Waals surface area contributed by atoms with Gasteiger partial charge >= 0.3 is 0 Å². The second-order valence-corrected chi connectivity index (χ2v) is 3.78. The van der Waals surface area contributed by atoms with Crippen molar-refractivity contribution in [1.29, 1.82) is 0 Å². The standard InChI is InChI=1S/C14H15NO3/c1-17-10-18-12-7-5-11(6-8-12)14(16)13-4-2-3-9-15-13/h2-9,14,16H,10H2,1H3. The molecule has 0 amide bonds. The summed E-state index contributed by atoms with van der Waals surface area (Å²) in [5.41, 5.74) is 1.40. The minimum Gasteiger partial charge on any atom is -0.468 e. The van der Waals surface area contributed by atoms with Crippen molar-refractivity contribution in [3.63, 3.8) is 0 Å². The molecule has 1 unspecified atom stereocenters. The molecule has 0 radical (unpaired) electrons. The van der Waals surface area contributed by atoms with Crippen LogP contribution in [-0.4, -0.2) is 24.0 Å². The maximum atomic E-state index is 10.1. The molecule has 2 aromatic rings. The summed E-state index contributed by atoms with van der Waals surface area (Å²) in [6, 6.07) is 12.7. The van der Waals surface area contributed by atoms with E-state index in [-0.39, 0.29) is 6.79 Å². The lowest BCUT2D eigenvalue weighted by Crippen LogP contribution is -2.02. The third kappa shape index (κ3) is 3.06. The first-order chi connectivity index (χ1) is 8.81. The second-order valence-electron chi connectivity index (χ2n) is 3.78. The van der Waals surface area contributed by atoms with Crippen LogP contribution in [0.15, 0.2) is 48.7 Å². The molecule has 2 rings (SSSR count). The molecule has 0 aliphatic carbocycles. The van der Waals surface area contributed by atoms with Crippen molar-refractivity contribution in [3.05, 3.63) is 59.9 Å². The molecule has 0 spiro atoms. The predicted octanol–water partition coefficient (Wildman–Crippen LogP) is 2.15. The SMILES string of the molecule is COCOc1ccc(C(O)c2ccccn2)cc1. The molecule has 0 aliphatic heterocycles. The number of rotatable bonds is 5. The fourth-order valence-electron chi connectivity index (χ4n) is 1.58. The lowest BCUT2D eigenvalue weighted by atomic mass is 10.1. The number of nitrogens with zero attached hydrogens (tertiary/aromatic N) is 1. The fraction of sp³-hybridized carbons (Fsp3) is 0.214. The maximum Gasteiger partial charge on any atom is 0.188 e. The van der Waals surface area contributed by atoms with Crippen molar-refractivity contribution in [2.45, 2.75) is 6.10 Å². The quantitative estimate of drug-likeness (QED) is 0.820. The van der Waals surface area contributed by atoms with Gasteiger partial charge in [0.15, 0.2) is 6.79 Å². The van der Waals surface area contributed by atoms with Gasteiger partial charge in [-0.05, 0) is 29.8 Å². The van der Waals surface area contributed by atoms with E-state index in [2.05, 4.69) is 4.98 Å². The molecule has 0 saturated carbocycles. The Labute approximate surface area is 106 Å². The van der Waals surface area contributed by atoms with Crippen molar-refractivity contribution in [1.82, 2.24) is 4.98 Å². The lowest BCUT2D eigenvalue weighted by Gasteiger charge is -2.11. The summed E-state index contributed by atoms with van der Waals surface area (Å²) in [5, 5.41) is 10.1. The smallest absolute Gasteiger partial charge is 0.188 e. The molecule has 94 valence electrons. The van der Waals surface area contributed by atoms with Gasteiger partial charge in [0, 0.05) is 13.3 Å². The number of methoxy groups -OCH3 is 1. The summed E-state index contributed by atoms with van der Waals surface area (Å²) in [7, 11) is 1.57. The van der Waals surface area contributed by atoms with Crippen LogP contribution in [0.4, 0.5) is 0 Å². The Morgan fingerprint density at radius 3 is 2.56 bits per heavy atom. The van der Waals surface area contributed by atoms with Crippen molar-refractivity contribution < 1.29 is 14.6 Å². The highest BCUT2D eigenvalue weighted by Gasteiger charge is 2.10. The Kier molecular flexibility index (Phi) is 4.28. The van der Waals surface area contributed by atoms with Crippen molar-refractivity contribution >= 4 is 0 Å². The topological polar surface area (TPSA) is 51.6 Å². The minimum atomic E-state index is -0.720. The second kappa shape index (κ2) is 6.14. The normalized spacial score (nSPS) is 12.1. The fourth-order valence-corrected chi connectivity index (χ4v) is 1.58. The first-order valence-corrected chi connectivity index (χ1v) is 5.62. The van der Waals surface area contributed by atoms with Crippen LogP contribution in [0, 0.1) is 0 Å². The zero-order valence-electron chi connectivity index (χ0n) is 10.1. The molecule has 4 heteroatoms. The number of aliphatic hydroxyl groups excluding tert-OH is 1. The van der Waals surface area contributed by atoms with Gasteiger partial charge in [-0.1, -0.05) is 18.2 Å². The molecule has 4 nitrogen and oxygen atoms in total. The van der Waals surface area contributed by atoms with Crippen LogP contribution in [0.5, 0.6) is 5.75 Å². The van der Waals surface area contributed by atoms with E-state index in [0.717, 1.165) is 5.56 Å². The van der Waals surface area contributed by atoms with E-state index in [9.17, 15) is 5.11 Å². The molecule has 1 aromatic heterocycles. The number of aromatic nitrogens is 1. The van der Waals surface area contributed by atoms with Crippen LogP contribution in [0.1, 0.15) is 17.4 Å². The molecule has 1 heterocycles. The van der Waals surface area contributed by atoms with Crippen molar-refractivity contribution in [2.75, 3.05) is 13.9 Å². The summed E-state index contributed by atoms with van der Waals surface area (Å²) >= 11 is 0. The van der Waals surface area contributed by atoms with Gasteiger partial charge in [-0.3, -0.25) is 4.98 Å². The van der Waals surface area contributed by atoms with E-state index in [1.807, 2.05) is 24.3 Å². The van der Waals surface area contributed by atoms with E-state index in [1.165, 1.54) is 0 Å². The van der Waals surface area contributed by atoms with E-state index in [1.54, 1.807) is 31.5 Å².